The maximum atomic E-state index is 12.6. The molecule has 1 aliphatic heterocycles. The quantitative estimate of drug-likeness (QED) is 0.514. The first kappa shape index (κ1) is 20.2. The molecule has 1 atom stereocenters. The van der Waals surface area contributed by atoms with Crippen molar-refractivity contribution in [3.05, 3.63) is 45.7 Å². The summed E-state index contributed by atoms with van der Waals surface area (Å²) in [5.41, 5.74) is 2.48. The fourth-order valence-corrected chi connectivity index (χ4v) is 3.70. The van der Waals surface area contributed by atoms with Gasteiger partial charge in [-0.3, -0.25) is 4.79 Å². The summed E-state index contributed by atoms with van der Waals surface area (Å²) >= 11 is 6.08. The van der Waals surface area contributed by atoms with Gasteiger partial charge in [0.2, 0.25) is 12.6 Å². The van der Waals surface area contributed by atoms with Crippen molar-refractivity contribution in [3.63, 3.8) is 0 Å². The number of nitrogens with zero attached hydrogens (tertiary/aromatic N) is 1. The van der Waals surface area contributed by atoms with Gasteiger partial charge in [0, 0.05) is 24.1 Å². The molecule has 0 fully saturated rings. The number of fused-ring (bicyclic) bond motifs is 1. The van der Waals surface area contributed by atoms with Crippen LogP contribution in [0.15, 0.2) is 18.2 Å². The Balaban J connectivity index is 1.70. The minimum atomic E-state index is -0.657. The minimum absolute atomic E-state index is 0.0448. The van der Waals surface area contributed by atoms with E-state index < -0.39 is 5.97 Å². The summed E-state index contributed by atoms with van der Waals surface area (Å²) in [6.07, 6.45) is 0. The van der Waals surface area contributed by atoms with Crippen LogP contribution in [0.5, 0.6) is 11.5 Å². The van der Waals surface area contributed by atoms with Gasteiger partial charge in [-0.2, -0.15) is 0 Å². The molecule has 150 valence electrons. The Bertz CT molecular complexity index is 920. The van der Waals surface area contributed by atoms with Crippen molar-refractivity contribution in [1.82, 2.24) is 4.57 Å². The van der Waals surface area contributed by atoms with Gasteiger partial charge in [0.1, 0.15) is 0 Å². The number of Topliss-reactive ketones (excluding diaryl/α,β-unsaturated/α-hetero) is 1. The second-order valence-electron chi connectivity index (χ2n) is 6.65. The number of methoxy groups -OCH3 is 1. The van der Waals surface area contributed by atoms with Crippen LogP contribution in [0.3, 0.4) is 0 Å². The van der Waals surface area contributed by atoms with Crippen molar-refractivity contribution in [2.45, 2.75) is 26.8 Å². The van der Waals surface area contributed by atoms with Gasteiger partial charge in [0.15, 0.2) is 18.1 Å². The highest BCUT2D eigenvalue weighted by Gasteiger charge is 2.23. The summed E-state index contributed by atoms with van der Waals surface area (Å²) in [4.78, 5) is 24.9. The zero-order chi connectivity index (χ0) is 20.4. The molecule has 8 heteroatoms. The summed E-state index contributed by atoms with van der Waals surface area (Å²) in [5, 5.41) is 0.254. The predicted molar refractivity (Wildman–Crippen MR) is 103 cm³/mol. The van der Waals surface area contributed by atoms with Crippen molar-refractivity contribution in [1.29, 1.82) is 0 Å². The lowest BCUT2D eigenvalue weighted by atomic mass is 10.1. The number of rotatable bonds is 7. The van der Waals surface area contributed by atoms with Gasteiger partial charge in [-0.1, -0.05) is 11.6 Å². The Kier molecular flexibility index (Phi) is 5.96. The third-order valence-corrected chi connectivity index (χ3v) is 4.91. The number of ketones is 1. The van der Waals surface area contributed by atoms with Crippen LogP contribution in [-0.2, 0) is 9.47 Å². The molecule has 1 aromatic carbocycles. The molecule has 0 saturated heterocycles. The lowest BCUT2D eigenvalue weighted by Gasteiger charge is -2.17. The van der Waals surface area contributed by atoms with E-state index in [1.54, 1.807) is 13.2 Å². The summed E-state index contributed by atoms with van der Waals surface area (Å²) in [6, 6.07) is 4.80. The summed E-state index contributed by atoms with van der Waals surface area (Å²) in [5.74, 6) is -0.160. The molecule has 0 bridgehead atoms. The Morgan fingerprint density at radius 2 is 2.00 bits per heavy atom. The van der Waals surface area contributed by atoms with E-state index >= 15 is 0 Å². The molecule has 1 unspecified atom stereocenters. The number of halogens is 1. The standard InChI is InChI=1S/C20H22ClNO6/c1-11-5-15(13(3)22(11)12(2)8-25-4)17(23)9-26-20(24)14-6-16(21)19-18(7-14)27-10-28-19/h5-7,12H,8-10H2,1-4H3. The molecule has 7 nitrogen and oxygen atoms in total. The molecule has 2 heterocycles. The van der Waals surface area contributed by atoms with Crippen LogP contribution in [0.1, 0.15) is 45.1 Å². The van der Waals surface area contributed by atoms with E-state index in [1.165, 1.54) is 12.1 Å². The number of hydrogen-bond donors (Lipinski definition) is 0. The number of ether oxygens (including phenoxy) is 4. The molecule has 28 heavy (non-hydrogen) atoms. The first-order valence-electron chi connectivity index (χ1n) is 8.80. The van der Waals surface area contributed by atoms with E-state index in [9.17, 15) is 9.59 Å². The number of aryl methyl sites for hydroxylation is 1. The molecule has 1 aromatic heterocycles. The van der Waals surface area contributed by atoms with Gasteiger partial charge < -0.3 is 23.5 Å². The molecule has 3 rings (SSSR count). The molecular formula is C20H22ClNO6. The zero-order valence-electron chi connectivity index (χ0n) is 16.2. The molecule has 0 saturated carbocycles. The van der Waals surface area contributed by atoms with Crippen LogP contribution in [0.4, 0.5) is 0 Å². The smallest absolute Gasteiger partial charge is 0.338 e. The number of hydrogen-bond acceptors (Lipinski definition) is 6. The van der Waals surface area contributed by atoms with Crippen LogP contribution in [0.2, 0.25) is 5.02 Å². The number of esters is 1. The van der Waals surface area contributed by atoms with E-state index in [1.807, 2.05) is 25.3 Å². The van der Waals surface area contributed by atoms with Gasteiger partial charge in [-0.25, -0.2) is 4.79 Å². The van der Waals surface area contributed by atoms with E-state index in [-0.39, 0.29) is 35.8 Å². The number of carbonyl (C=O) groups is 2. The molecule has 0 amide bonds. The van der Waals surface area contributed by atoms with Crippen molar-refractivity contribution in [3.8, 4) is 11.5 Å². The third kappa shape index (κ3) is 3.86. The highest BCUT2D eigenvalue weighted by molar-refractivity contribution is 6.32. The van der Waals surface area contributed by atoms with Gasteiger partial charge in [0.25, 0.3) is 0 Å². The topological polar surface area (TPSA) is 76.0 Å². The average Bonchev–Trinajstić information content (AvgIpc) is 3.24. The fraction of sp³-hybridized carbons (Fsp3) is 0.400. The number of carbonyl (C=O) groups excluding carboxylic acids is 2. The Hall–Kier alpha value is -2.51. The fourth-order valence-electron chi connectivity index (χ4n) is 3.43. The largest absolute Gasteiger partial charge is 0.454 e. The third-order valence-electron chi connectivity index (χ3n) is 4.63. The molecular weight excluding hydrogens is 386 g/mol. The second kappa shape index (κ2) is 8.24. The summed E-state index contributed by atoms with van der Waals surface area (Å²) in [6.45, 7) is 6.02. The summed E-state index contributed by atoms with van der Waals surface area (Å²) < 4.78 is 22.9. The van der Waals surface area contributed by atoms with Crippen LogP contribution in [0, 0.1) is 13.8 Å². The Labute approximate surface area is 168 Å². The first-order valence-corrected chi connectivity index (χ1v) is 9.18. The Morgan fingerprint density at radius 3 is 2.71 bits per heavy atom. The van der Waals surface area contributed by atoms with Crippen molar-refractivity contribution in [2.75, 3.05) is 27.1 Å². The number of benzene rings is 1. The lowest BCUT2D eigenvalue weighted by Crippen LogP contribution is -2.17. The molecule has 0 spiro atoms. The van der Waals surface area contributed by atoms with Gasteiger partial charge in [0.05, 0.1) is 23.2 Å². The summed E-state index contributed by atoms with van der Waals surface area (Å²) in [7, 11) is 1.64. The lowest BCUT2D eigenvalue weighted by molar-refractivity contribution is 0.0474. The van der Waals surface area contributed by atoms with Gasteiger partial charge >= 0.3 is 5.97 Å². The van der Waals surface area contributed by atoms with Crippen LogP contribution >= 0.6 is 11.6 Å². The van der Waals surface area contributed by atoms with Gasteiger partial charge in [-0.15, -0.1) is 0 Å². The van der Waals surface area contributed by atoms with Crippen LogP contribution < -0.4 is 9.47 Å². The second-order valence-corrected chi connectivity index (χ2v) is 7.06. The Morgan fingerprint density at radius 1 is 1.25 bits per heavy atom. The van der Waals surface area contributed by atoms with Crippen LogP contribution in [0.25, 0.3) is 0 Å². The molecule has 0 radical (unpaired) electrons. The average molecular weight is 408 g/mol. The zero-order valence-corrected chi connectivity index (χ0v) is 17.0. The van der Waals surface area contributed by atoms with E-state index in [4.69, 9.17) is 30.5 Å². The van der Waals surface area contributed by atoms with Crippen molar-refractivity contribution >= 4 is 23.4 Å². The normalized spacial score (nSPS) is 13.5. The van der Waals surface area contributed by atoms with E-state index in [0.29, 0.717) is 23.7 Å². The van der Waals surface area contributed by atoms with Crippen molar-refractivity contribution < 1.29 is 28.5 Å². The van der Waals surface area contributed by atoms with E-state index in [2.05, 4.69) is 0 Å². The highest BCUT2D eigenvalue weighted by Crippen LogP contribution is 2.39. The van der Waals surface area contributed by atoms with E-state index in [0.717, 1.165) is 11.4 Å². The number of aromatic nitrogens is 1. The SMILES string of the molecule is COCC(C)n1c(C)cc(C(=O)COC(=O)c2cc(Cl)c3c(c2)OCO3)c1C. The molecule has 0 N–H and O–H groups in total. The monoisotopic (exact) mass is 407 g/mol. The molecule has 2 aromatic rings. The molecule has 1 aliphatic rings. The van der Waals surface area contributed by atoms with Gasteiger partial charge in [-0.05, 0) is 39.0 Å². The maximum absolute atomic E-state index is 12.6. The highest BCUT2D eigenvalue weighted by atomic mass is 35.5. The van der Waals surface area contributed by atoms with Crippen molar-refractivity contribution in [2.24, 2.45) is 0 Å². The molecule has 0 aliphatic carbocycles. The maximum Gasteiger partial charge on any atom is 0.338 e. The first-order chi connectivity index (χ1) is 13.3. The minimum Gasteiger partial charge on any atom is -0.454 e. The van der Waals surface area contributed by atoms with Crippen LogP contribution in [-0.4, -0.2) is 43.4 Å². The predicted octanol–water partition coefficient (Wildman–Crippen LogP) is 3.73.